The Hall–Kier alpha value is -0.610. The van der Waals surface area contributed by atoms with Gasteiger partial charge in [0.25, 0.3) is 0 Å². The van der Waals surface area contributed by atoms with Crippen LogP contribution in [0.2, 0.25) is 0 Å². The first-order chi connectivity index (χ1) is 8.04. The maximum atomic E-state index is 5.45. The molecule has 0 amide bonds. The summed E-state index contributed by atoms with van der Waals surface area (Å²) in [6.45, 7) is 6.70. The third-order valence-corrected chi connectivity index (χ3v) is 3.99. The molecule has 1 aromatic heterocycles. The average Bonchev–Trinajstić information content (AvgIpc) is 2.56. The van der Waals surface area contributed by atoms with Crippen LogP contribution in [0.3, 0.4) is 0 Å². The first kappa shape index (κ1) is 12.8. The zero-order valence-electron chi connectivity index (χ0n) is 10.3. The number of H-pyrrole nitrogens is 1. The molecule has 2 nitrogen and oxygen atoms in total. The molecule has 0 aliphatic rings. The highest BCUT2D eigenvalue weighted by atomic mass is 79.9. The Morgan fingerprint density at radius 2 is 2.12 bits per heavy atom. The fourth-order valence-corrected chi connectivity index (χ4v) is 3.07. The molecule has 0 bridgehead atoms. The Balaban J connectivity index is 2.70. The van der Waals surface area contributed by atoms with Crippen molar-refractivity contribution in [3.05, 3.63) is 27.4 Å². The molecule has 4 heteroatoms. The van der Waals surface area contributed by atoms with Crippen molar-refractivity contribution in [1.29, 1.82) is 0 Å². The van der Waals surface area contributed by atoms with Crippen LogP contribution in [-0.4, -0.2) is 9.55 Å². The third-order valence-electron chi connectivity index (χ3n) is 3.20. The number of aromatic amines is 1. The van der Waals surface area contributed by atoms with E-state index < -0.39 is 0 Å². The highest BCUT2D eigenvalue weighted by Crippen LogP contribution is 2.28. The summed E-state index contributed by atoms with van der Waals surface area (Å²) in [6.07, 6.45) is 1.09. The number of fused-ring (bicyclic) bond motifs is 1. The van der Waals surface area contributed by atoms with Gasteiger partial charge in [0.15, 0.2) is 4.77 Å². The predicted molar refractivity (Wildman–Crippen MR) is 79.0 cm³/mol. The Kier molecular flexibility index (Phi) is 3.73. The molecule has 0 fully saturated rings. The molecule has 1 unspecified atom stereocenters. The number of benzene rings is 1. The minimum atomic E-state index is 0.450. The second kappa shape index (κ2) is 4.94. The lowest BCUT2D eigenvalue weighted by Gasteiger charge is -2.21. The van der Waals surface area contributed by atoms with Gasteiger partial charge in [0.2, 0.25) is 0 Å². The van der Waals surface area contributed by atoms with Gasteiger partial charge in [-0.1, -0.05) is 36.7 Å². The molecule has 1 N–H and O–H groups in total. The van der Waals surface area contributed by atoms with Gasteiger partial charge in [-0.25, -0.2) is 0 Å². The van der Waals surface area contributed by atoms with Crippen LogP contribution in [0.15, 0.2) is 22.7 Å². The summed E-state index contributed by atoms with van der Waals surface area (Å²) in [5.74, 6) is 0.574. The van der Waals surface area contributed by atoms with Crippen LogP contribution in [-0.2, 0) is 0 Å². The van der Waals surface area contributed by atoms with Gasteiger partial charge in [-0.05, 0) is 42.8 Å². The lowest BCUT2D eigenvalue weighted by molar-refractivity contribution is 0.370. The molecule has 92 valence electrons. The van der Waals surface area contributed by atoms with E-state index in [2.05, 4.69) is 58.4 Å². The Bertz CT molecular complexity index is 583. The van der Waals surface area contributed by atoms with Crippen LogP contribution < -0.4 is 0 Å². The van der Waals surface area contributed by atoms with Crippen molar-refractivity contribution in [1.82, 2.24) is 9.55 Å². The molecule has 0 aliphatic heterocycles. The molecule has 2 rings (SSSR count). The molecule has 0 radical (unpaired) electrons. The van der Waals surface area contributed by atoms with E-state index in [0.717, 1.165) is 21.2 Å². The van der Waals surface area contributed by atoms with E-state index in [0.29, 0.717) is 12.0 Å². The highest BCUT2D eigenvalue weighted by Gasteiger charge is 2.17. The van der Waals surface area contributed by atoms with E-state index in [1.54, 1.807) is 0 Å². The summed E-state index contributed by atoms with van der Waals surface area (Å²) >= 11 is 8.97. The third kappa shape index (κ3) is 2.33. The van der Waals surface area contributed by atoms with Crippen LogP contribution in [0, 0.1) is 10.7 Å². The van der Waals surface area contributed by atoms with Gasteiger partial charge >= 0.3 is 0 Å². The quantitative estimate of drug-likeness (QED) is 0.785. The molecule has 17 heavy (non-hydrogen) atoms. The summed E-state index contributed by atoms with van der Waals surface area (Å²) in [7, 11) is 0. The van der Waals surface area contributed by atoms with E-state index in [4.69, 9.17) is 12.2 Å². The van der Waals surface area contributed by atoms with Crippen LogP contribution in [0.5, 0.6) is 0 Å². The van der Waals surface area contributed by atoms with Gasteiger partial charge in [-0.15, -0.1) is 0 Å². The van der Waals surface area contributed by atoms with Crippen LogP contribution in [0.4, 0.5) is 0 Å². The van der Waals surface area contributed by atoms with Crippen molar-refractivity contribution in [3.63, 3.8) is 0 Å². The summed E-state index contributed by atoms with van der Waals surface area (Å²) < 4.78 is 4.16. The van der Waals surface area contributed by atoms with Gasteiger partial charge in [-0.2, -0.15) is 0 Å². The fourth-order valence-electron chi connectivity index (χ4n) is 2.38. The Morgan fingerprint density at radius 3 is 2.71 bits per heavy atom. The fraction of sp³-hybridized carbons (Fsp3) is 0.462. The number of halogens is 1. The largest absolute Gasteiger partial charge is 0.331 e. The molecule has 0 saturated heterocycles. The molecular formula is C13H17BrN2S. The highest BCUT2D eigenvalue weighted by molar-refractivity contribution is 9.10. The van der Waals surface area contributed by atoms with Gasteiger partial charge < -0.3 is 9.55 Å². The molecule has 1 heterocycles. The van der Waals surface area contributed by atoms with Crippen molar-refractivity contribution in [2.45, 2.75) is 33.2 Å². The summed E-state index contributed by atoms with van der Waals surface area (Å²) in [6, 6.07) is 6.69. The molecule has 1 atom stereocenters. The van der Waals surface area contributed by atoms with Crippen LogP contribution >= 0.6 is 28.1 Å². The van der Waals surface area contributed by atoms with E-state index >= 15 is 0 Å². The standard InChI is InChI=1S/C13H17BrN2S/c1-4-11(8(2)3)16-12-7-9(14)5-6-10(12)15-13(16)17/h5-8,11H,4H2,1-3H3,(H,15,17). The van der Waals surface area contributed by atoms with Crippen LogP contribution in [0.1, 0.15) is 33.2 Å². The van der Waals surface area contributed by atoms with Gasteiger partial charge in [0.1, 0.15) is 0 Å². The number of aromatic nitrogens is 2. The van der Waals surface area contributed by atoms with E-state index in [1.807, 2.05) is 6.07 Å². The molecular weight excluding hydrogens is 296 g/mol. The van der Waals surface area contributed by atoms with Crippen molar-refractivity contribution in [2.75, 3.05) is 0 Å². The average molecular weight is 313 g/mol. The summed E-state index contributed by atoms with van der Waals surface area (Å²) in [5, 5.41) is 0. The lowest BCUT2D eigenvalue weighted by Crippen LogP contribution is -2.14. The van der Waals surface area contributed by atoms with Crippen molar-refractivity contribution >= 4 is 39.2 Å². The minimum Gasteiger partial charge on any atom is -0.331 e. The molecule has 0 aliphatic carbocycles. The van der Waals surface area contributed by atoms with Gasteiger partial charge in [0.05, 0.1) is 11.0 Å². The lowest BCUT2D eigenvalue weighted by atomic mass is 10.0. The Labute approximate surface area is 115 Å². The summed E-state index contributed by atoms with van der Waals surface area (Å²) in [4.78, 5) is 3.28. The number of hydrogen-bond donors (Lipinski definition) is 1. The van der Waals surface area contributed by atoms with Gasteiger partial charge in [0, 0.05) is 10.5 Å². The number of imidazole rings is 1. The topological polar surface area (TPSA) is 20.7 Å². The maximum absolute atomic E-state index is 5.45. The normalized spacial score (nSPS) is 13.5. The minimum absolute atomic E-state index is 0.450. The first-order valence-electron chi connectivity index (χ1n) is 5.94. The van der Waals surface area contributed by atoms with E-state index in [-0.39, 0.29) is 0 Å². The number of nitrogens with one attached hydrogen (secondary N) is 1. The monoisotopic (exact) mass is 312 g/mol. The van der Waals surface area contributed by atoms with E-state index in [1.165, 1.54) is 5.52 Å². The smallest absolute Gasteiger partial charge is 0.178 e. The van der Waals surface area contributed by atoms with Crippen molar-refractivity contribution < 1.29 is 0 Å². The number of nitrogens with zero attached hydrogens (tertiary/aromatic N) is 1. The maximum Gasteiger partial charge on any atom is 0.178 e. The van der Waals surface area contributed by atoms with Crippen molar-refractivity contribution in [3.8, 4) is 0 Å². The number of rotatable bonds is 3. The Morgan fingerprint density at radius 1 is 1.41 bits per heavy atom. The zero-order chi connectivity index (χ0) is 12.6. The first-order valence-corrected chi connectivity index (χ1v) is 7.14. The van der Waals surface area contributed by atoms with E-state index in [9.17, 15) is 0 Å². The van der Waals surface area contributed by atoms with Crippen molar-refractivity contribution in [2.24, 2.45) is 5.92 Å². The number of hydrogen-bond acceptors (Lipinski definition) is 1. The molecule has 0 saturated carbocycles. The molecule has 1 aromatic carbocycles. The second-order valence-corrected chi connectivity index (χ2v) is 5.98. The second-order valence-electron chi connectivity index (χ2n) is 4.68. The molecule has 2 aromatic rings. The predicted octanol–water partition coefficient (Wildman–Crippen LogP) is 5.07. The summed E-state index contributed by atoms with van der Waals surface area (Å²) in [5.41, 5.74) is 2.29. The van der Waals surface area contributed by atoms with Crippen LogP contribution in [0.25, 0.3) is 11.0 Å². The molecule has 0 spiro atoms. The van der Waals surface area contributed by atoms with Gasteiger partial charge in [-0.3, -0.25) is 0 Å². The zero-order valence-corrected chi connectivity index (χ0v) is 12.7. The SMILES string of the molecule is CCC(C(C)C)n1c(=S)[nH]c2ccc(Br)cc21.